The van der Waals surface area contributed by atoms with Gasteiger partial charge < -0.3 is 4.90 Å². The molecule has 20 heavy (non-hydrogen) atoms. The minimum Gasteiger partial charge on any atom is -0.337 e. The van der Waals surface area contributed by atoms with E-state index in [0.29, 0.717) is 12.1 Å². The standard InChI is InChI=1S/C15H13BrFNOS/c1-18(9-10-2-4-11(17)5-3-10)15(19)13-8-12(20)6-7-14(13)16/h2-8,20H,9H2,1H3. The second-order valence-corrected chi connectivity index (χ2v) is 5.82. The molecule has 0 saturated heterocycles. The maximum atomic E-state index is 12.8. The predicted molar refractivity (Wildman–Crippen MR) is 83.6 cm³/mol. The Morgan fingerprint density at radius 1 is 1.25 bits per heavy atom. The summed E-state index contributed by atoms with van der Waals surface area (Å²) < 4.78 is 13.6. The number of amides is 1. The van der Waals surface area contributed by atoms with Crippen molar-refractivity contribution in [3.63, 3.8) is 0 Å². The molecule has 0 heterocycles. The third-order valence-electron chi connectivity index (χ3n) is 2.86. The molecule has 0 aliphatic heterocycles. The Kier molecular flexibility index (Phi) is 4.83. The van der Waals surface area contributed by atoms with Gasteiger partial charge in [-0.05, 0) is 51.8 Å². The second-order valence-electron chi connectivity index (χ2n) is 4.45. The van der Waals surface area contributed by atoms with Crippen molar-refractivity contribution in [2.75, 3.05) is 7.05 Å². The number of nitrogens with zero attached hydrogens (tertiary/aromatic N) is 1. The van der Waals surface area contributed by atoms with Gasteiger partial charge in [0.25, 0.3) is 5.91 Å². The molecule has 2 aromatic carbocycles. The van der Waals surface area contributed by atoms with Gasteiger partial charge in [0, 0.05) is 23.0 Å². The Bertz CT molecular complexity index is 630. The van der Waals surface area contributed by atoms with Crippen molar-refractivity contribution in [3.05, 3.63) is 63.9 Å². The SMILES string of the molecule is CN(Cc1ccc(F)cc1)C(=O)c1cc(S)ccc1Br. The van der Waals surface area contributed by atoms with Gasteiger partial charge in [0.15, 0.2) is 0 Å². The van der Waals surface area contributed by atoms with Crippen LogP contribution < -0.4 is 0 Å². The lowest BCUT2D eigenvalue weighted by molar-refractivity contribution is 0.0784. The van der Waals surface area contributed by atoms with Gasteiger partial charge in [-0.3, -0.25) is 4.79 Å². The molecule has 0 fully saturated rings. The van der Waals surface area contributed by atoms with E-state index < -0.39 is 0 Å². The highest BCUT2D eigenvalue weighted by Crippen LogP contribution is 2.22. The van der Waals surface area contributed by atoms with Crippen LogP contribution in [-0.4, -0.2) is 17.9 Å². The van der Waals surface area contributed by atoms with E-state index in [0.717, 1.165) is 14.9 Å². The average Bonchev–Trinajstić information content (AvgIpc) is 2.43. The summed E-state index contributed by atoms with van der Waals surface area (Å²) in [6.07, 6.45) is 0. The van der Waals surface area contributed by atoms with E-state index in [4.69, 9.17) is 0 Å². The van der Waals surface area contributed by atoms with Gasteiger partial charge in [-0.1, -0.05) is 12.1 Å². The number of carbonyl (C=O) groups excluding carboxylic acids is 1. The molecule has 1 amide bonds. The summed E-state index contributed by atoms with van der Waals surface area (Å²) in [6, 6.07) is 11.4. The largest absolute Gasteiger partial charge is 0.337 e. The predicted octanol–water partition coefficient (Wildman–Crippen LogP) is 4.15. The van der Waals surface area contributed by atoms with E-state index in [-0.39, 0.29) is 11.7 Å². The van der Waals surface area contributed by atoms with Crippen LogP contribution in [0.1, 0.15) is 15.9 Å². The Hall–Kier alpha value is -1.33. The number of carbonyl (C=O) groups is 1. The molecule has 5 heteroatoms. The molecule has 0 aromatic heterocycles. The van der Waals surface area contributed by atoms with Crippen LogP contribution in [0.4, 0.5) is 4.39 Å². The van der Waals surface area contributed by atoms with Crippen molar-refractivity contribution in [1.82, 2.24) is 4.90 Å². The summed E-state index contributed by atoms with van der Waals surface area (Å²) in [4.78, 5) is 14.7. The summed E-state index contributed by atoms with van der Waals surface area (Å²) >= 11 is 7.60. The minimum atomic E-state index is -0.284. The molecule has 0 N–H and O–H groups in total. The fourth-order valence-corrected chi connectivity index (χ4v) is 2.44. The van der Waals surface area contributed by atoms with Crippen molar-refractivity contribution < 1.29 is 9.18 Å². The van der Waals surface area contributed by atoms with Crippen molar-refractivity contribution >= 4 is 34.5 Å². The van der Waals surface area contributed by atoms with Crippen molar-refractivity contribution in [2.45, 2.75) is 11.4 Å². The zero-order valence-electron chi connectivity index (χ0n) is 10.8. The molecule has 0 atom stereocenters. The molecule has 0 aliphatic rings. The normalized spacial score (nSPS) is 10.4. The Morgan fingerprint density at radius 3 is 2.55 bits per heavy atom. The summed E-state index contributed by atoms with van der Waals surface area (Å²) in [5.74, 6) is -0.398. The molecule has 0 bridgehead atoms. The van der Waals surface area contributed by atoms with Crippen LogP contribution in [0.25, 0.3) is 0 Å². The molecule has 104 valence electrons. The van der Waals surface area contributed by atoms with Gasteiger partial charge in [0.05, 0.1) is 5.56 Å². The summed E-state index contributed by atoms with van der Waals surface area (Å²) in [5.41, 5.74) is 1.43. The zero-order valence-corrected chi connectivity index (χ0v) is 13.3. The van der Waals surface area contributed by atoms with Crippen LogP contribution in [-0.2, 0) is 6.54 Å². The van der Waals surface area contributed by atoms with E-state index in [9.17, 15) is 9.18 Å². The average molecular weight is 354 g/mol. The molecular formula is C15H13BrFNOS. The first-order valence-corrected chi connectivity index (χ1v) is 7.20. The van der Waals surface area contributed by atoms with Crippen LogP contribution >= 0.6 is 28.6 Å². The molecule has 2 aromatic rings. The zero-order chi connectivity index (χ0) is 14.7. The molecule has 0 unspecified atom stereocenters. The van der Waals surface area contributed by atoms with Gasteiger partial charge >= 0.3 is 0 Å². The topological polar surface area (TPSA) is 20.3 Å². The molecule has 0 saturated carbocycles. The number of halogens is 2. The lowest BCUT2D eigenvalue weighted by Gasteiger charge is -2.18. The van der Waals surface area contributed by atoms with Gasteiger partial charge in [-0.15, -0.1) is 12.6 Å². The second kappa shape index (κ2) is 6.41. The Morgan fingerprint density at radius 2 is 1.90 bits per heavy atom. The number of benzene rings is 2. The Labute approximate surface area is 131 Å². The monoisotopic (exact) mass is 353 g/mol. The quantitative estimate of drug-likeness (QED) is 0.821. The maximum Gasteiger partial charge on any atom is 0.255 e. The highest BCUT2D eigenvalue weighted by Gasteiger charge is 2.15. The Balaban J connectivity index is 2.16. The smallest absolute Gasteiger partial charge is 0.255 e. The first-order valence-electron chi connectivity index (χ1n) is 5.96. The van der Waals surface area contributed by atoms with Crippen LogP contribution in [0.2, 0.25) is 0 Å². The van der Waals surface area contributed by atoms with Crippen molar-refractivity contribution in [1.29, 1.82) is 0 Å². The number of rotatable bonds is 3. The van der Waals surface area contributed by atoms with Crippen molar-refractivity contribution in [2.24, 2.45) is 0 Å². The van der Waals surface area contributed by atoms with Crippen LogP contribution in [0.3, 0.4) is 0 Å². The molecule has 2 nitrogen and oxygen atoms in total. The van der Waals surface area contributed by atoms with E-state index in [1.807, 2.05) is 6.07 Å². The van der Waals surface area contributed by atoms with E-state index >= 15 is 0 Å². The van der Waals surface area contributed by atoms with Gasteiger partial charge in [-0.2, -0.15) is 0 Å². The van der Waals surface area contributed by atoms with Gasteiger partial charge in [0.2, 0.25) is 0 Å². The van der Waals surface area contributed by atoms with Gasteiger partial charge in [0.1, 0.15) is 5.82 Å². The first-order chi connectivity index (χ1) is 9.47. The van der Waals surface area contributed by atoms with Crippen LogP contribution in [0, 0.1) is 5.82 Å². The van der Waals surface area contributed by atoms with E-state index in [1.54, 1.807) is 36.2 Å². The van der Waals surface area contributed by atoms with E-state index in [1.165, 1.54) is 12.1 Å². The third-order valence-corrected chi connectivity index (χ3v) is 3.83. The molecule has 0 aliphatic carbocycles. The lowest BCUT2D eigenvalue weighted by atomic mass is 10.1. The van der Waals surface area contributed by atoms with Crippen molar-refractivity contribution in [3.8, 4) is 0 Å². The lowest BCUT2D eigenvalue weighted by Crippen LogP contribution is -2.26. The number of hydrogen-bond donors (Lipinski definition) is 1. The maximum absolute atomic E-state index is 12.8. The fourth-order valence-electron chi connectivity index (χ4n) is 1.82. The first kappa shape index (κ1) is 15.1. The molecule has 0 spiro atoms. The van der Waals surface area contributed by atoms with E-state index in [2.05, 4.69) is 28.6 Å². The highest BCUT2D eigenvalue weighted by atomic mass is 79.9. The van der Waals surface area contributed by atoms with Gasteiger partial charge in [-0.25, -0.2) is 4.39 Å². The van der Waals surface area contributed by atoms with Crippen LogP contribution in [0.15, 0.2) is 51.8 Å². The molecule has 0 radical (unpaired) electrons. The van der Waals surface area contributed by atoms with Crippen LogP contribution in [0.5, 0.6) is 0 Å². The number of hydrogen-bond acceptors (Lipinski definition) is 2. The fraction of sp³-hybridized carbons (Fsp3) is 0.133. The molecule has 2 rings (SSSR count). The third kappa shape index (κ3) is 3.61. The minimum absolute atomic E-state index is 0.114. The highest BCUT2D eigenvalue weighted by molar-refractivity contribution is 9.10. The summed E-state index contributed by atoms with van der Waals surface area (Å²) in [5, 5.41) is 0. The summed E-state index contributed by atoms with van der Waals surface area (Å²) in [6.45, 7) is 0.419. The summed E-state index contributed by atoms with van der Waals surface area (Å²) in [7, 11) is 1.71. The number of thiol groups is 1. The molecular weight excluding hydrogens is 341 g/mol.